The predicted octanol–water partition coefficient (Wildman–Crippen LogP) is 4.74. The van der Waals surface area contributed by atoms with Crippen LogP contribution in [0.15, 0.2) is 45.9 Å². The van der Waals surface area contributed by atoms with Crippen molar-refractivity contribution in [3.05, 3.63) is 63.4 Å². The summed E-state index contributed by atoms with van der Waals surface area (Å²) in [5.74, 6) is 0.516. The van der Waals surface area contributed by atoms with Crippen LogP contribution in [0.25, 0.3) is 0 Å². The maximum Gasteiger partial charge on any atom is 0.137 e. The fraction of sp³-hybridized carbons (Fsp3) is 0.176. The van der Waals surface area contributed by atoms with E-state index in [4.69, 9.17) is 17.0 Å². The third kappa shape index (κ3) is 3.78. The molecule has 0 saturated heterocycles. The van der Waals surface area contributed by atoms with E-state index >= 15 is 0 Å². The second-order valence-corrected chi connectivity index (χ2v) is 5.86. The first kappa shape index (κ1) is 16.8. The van der Waals surface area contributed by atoms with E-state index < -0.39 is 0 Å². The Labute approximate surface area is 143 Å². The third-order valence-corrected chi connectivity index (χ3v) is 3.94. The van der Waals surface area contributed by atoms with E-state index in [1.54, 1.807) is 24.6 Å². The van der Waals surface area contributed by atoms with Crippen LogP contribution in [0.2, 0.25) is 0 Å². The van der Waals surface area contributed by atoms with Gasteiger partial charge in [0.2, 0.25) is 0 Å². The van der Waals surface area contributed by atoms with Crippen LogP contribution >= 0.6 is 28.1 Å². The Morgan fingerprint density at radius 2 is 1.95 bits per heavy atom. The summed E-state index contributed by atoms with van der Waals surface area (Å²) >= 11 is 8.07. The van der Waals surface area contributed by atoms with Gasteiger partial charge < -0.3 is 4.74 Å². The molecule has 0 aromatic heterocycles. The Bertz CT molecular complexity index is 731. The molecule has 2 aromatic rings. The highest BCUT2D eigenvalue weighted by Crippen LogP contribution is 2.23. The van der Waals surface area contributed by atoms with Crippen molar-refractivity contribution in [3.63, 3.8) is 0 Å². The predicted molar refractivity (Wildman–Crippen MR) is 96.0 cm³/mol. The average molecular weight is 380 g/mol. The van der Waals surface area contributed by atoms with Gasteiger partial charge in [0.05, 0.1) is 23.8 Å². The molecule has 0 heterocycles. The minimum absolute atomic E-state index is 0.302. The molecule has 22 heavy (non-hydrogen) atoms. The van der Waals surface area contributed by atoms with Gasteiger partial charge in [-0.05, 0) is 64.8 Å². The smallest absolute Gasteiger partial charge is 0.137 e. The number of aliphatic imine (C=N–C) groups is 1. The van der Waals surface area contributed by atoms with E-state index in [9.17, 15) is 4.39 Å². The quantitative estimate of drug-likeness (QED) is 0.552. The van der Waals surface area contributed by atoms with E-state index in [2.05, 4.69) is 20.9 Å². The number of hydrogen-bond donors (Lipinski definition) is 0. The molecule has 0 unspecified atom stereocenters. The van der Waals surface area contributed by atoms with E-state index in [0.29, 0.717) is 11.0 Å². The number of ether oxygens (including phenoxy) is 1. The Kier molecular flexibility index (Phi) is 5.80. The SMILES string of the molecule is COc1ccc(C(=NCC=S)c2ccc(F)c(Br)c2)cc1C. The monoisotopic (exact) mass is 379 g/mol. The van der Waals surface area contributed by atoms with Gasteiger partial charge >= 0.3 is 0 Å². The molecule has 0 saturated carbocycles. The van der Waals surface area contributed by atoms with Crippen LogP contribution in [-0.4, -0.2) is 24.7 Å². The number of nitrogens with zero attached hydrogens (tertiary/aromatic N) is 1. The normalized spacial score (nSPS) is 11.4. The second kappa shape index (κ2) is 7.61. The highest BCUT2D eigenvalue weighted by molar-refractivity contribution is 9.10. The molecule has 5 heteroatoms. The number of rotatable bonds is 5. The zero-order valence-corrected chi connectivity index (χ0v) is 14.7. The van der Waals surface area contributed by atoms with Gasteiger partial charge in [-0.2, -0.15) is 0 Å². The summed E-state index contributed by atoms with van der Waals surface area (Å²) in [4.78, 5) is 4.52. The van der Waals surface area contributed by atoms with Gasteiger partial charge in [0.1, 0.15) is 11.6 Å². The molecule has 0 aliphatic carbocycles. The molecule has 0 N–H and O–H groups in total. The highest BCUT2D eigenvalue weighted by atomic mass is 79.9. The number of aryl methyl sites for hydroxylation is 1. The van der Waals surface area contributed by atoms with Crippen LogP contribution in [0, 0.1) is 12.7 Å². The van der Waals surface area contributed by atoms with Gasteiger partial charge in [-0.15, -0.1) is 0 Å². The largest absolute Gasteiger partial charge is 0.496 e. The van der Waals surface area contributed by atoms with Crippen molar-refractivity contribution >= 4 is 39.2 Å². The minimum atomic E-state index is -0.302. The van der Waals surface area contributed by atoms with E-state index in [1.165, 1.54) is 6.07 Å². The summed E-state index contributed by atoms with van der Waals surface area (Å²) in [5, 5.41) is 1.56. The van der Waals surface area contributed by atoms with E-state index in [1.807, 2.05) is 25.1 Å². The van der Waals surface area contributed by atoms with Gasteiger partial charge in [-0.3, -0.25) is 4.99 Å². The topological polar surface area (TPSA) is 21.6 Å². The Morgan fingerprint density at radius 1 is 1.27 bits per heavy atom. The summed E-state index contributed by atoms with van der Waals surface area (Å²) in [6.45, 7) is 2.39. The molecule has 114 valence electrons. The molecule has 0 fully saturated rings. The van der Waals surface area contributed by atoms with Crippen molar-refractivity contribution in [2.24, 2.45) is 4.99 Å². The first-order valence-electron chi connectivity index (χ1n) is 6.65. The average Bonchev–Trinajstić information content (AvgIpc) is 2.51. The molecule has 2 nitrogen and oxygen atoms in total. The van der Waals surface area contributed by atoms with Crippen molar-refractivity contribution in [1.29, 1.82) is 0 Å². The summed E-state index contributed by atoms with van der Waals surface area (Å²) in [6, 6.07) is 10.7. The Hall–Kier alpha value is -1.59. The number of halogens is 2. The summed E-state index contributed by atoms with van der Waals surface area (Å²) in [5.41, 5.74) is 3.55. The molecule has 0 amide bonds. The third-order valence-electron chi connectivity index (χ3n) is 3.19. The molecular weight excluding hydrogens is 365 g/mol. The lowest BCUT2D eigenvalue weighted by Gasteiger charge is -2.11. The second-order valence-electron chi connectivity index (χ2n) is 4.67. The molecule has 2 aromatic carbocycles. The van der Waals surface area contributed by atoms with Crippen LogP contribution in [0.4, 0.5) is 4.39 Å². The van der Waals surface area contributed by atoms with Crippen LogP contribution in [-0.2, 0) is 0 Å². The van der Waals surface area contributed by atoms with Gasteiger partial charge in [-0.25, -0.2) is 4.39 Å². The van der Waals surface area contributed by atoms with Gasteiger partial charge in [-0.1, -0.05) is 12.2 Å². The number of benzene rings is 2. The van der Waals surface area contributed by atoms with Crippen LogP contribution < -0.4 is 4.74 Å². The fourth-order valence-electron chi connectivity index (χ4n) is 2.15. The highest BCUT2D eigenvalue weighted by Gasteiger charge is 2.11. The van der Waals surface area contributed by atoms with Crippen molar-refractivity contribution in [3.8, 4) is 5.75 Å². The lowest BCUT2D eigenvalue weighted by molar-refractivity contribution is 0.411. The Morgan fingerprint density at radius 3 is 2.55 bits per heavy atom. The maximum absolute atomic E-state index is 13.5. The Balaban J connectivity index is 2.53. The molecular formula is C17H15BrFNOS. The molecule has 0 aliphatic rings. The van der Waals surface area contributed by atoms with Crippen LogP contribution in [0.5, 0.6) is 5.75 Å². The fourth-order valence-corrected chi connectivity index (χ4v) is 2.60. The van der Waals surface area contributed by atoms with Crippen LogP contribution in [0.3, 0.4) is 0 Å². The lowest BCUT2D eigenvalue weighted by Crippen LogP contribution is -2.06. The molecule has 2 rings (SSSR count). The number of hydrogen-bond acceptors (Lipinski definition) is 3. The van der Waals surface area contributed by atoms with Gasteiger partial charge in [0.15, 0.2) is 0 Å². The summed E-state index contributed by atoms with van der Waals surface area (Å²) in [6.07, 6.45) is 0. The molecule has 0 bridgehead atoms. The number of methoxy groups -OCH3 is 1. The zero-order chi connectivity index (χ0) is 16.1. The maximum atomic E-state index is 13.5. The molecule has 0 aliphatic heterocycles. The van der Waals surface area contributed by atoms with Gasteiger partial charge in [0, 0.05) is 16.5 Å². The molecule has 0 atom stereocenters. The summed E-state index contributed by atoms with van der Waals surface area (Å²) in [7, 11) is 1.64. The van der Waals surface area contributed by atoms with Crippen molar-refractivity contribution in [2.45, 2.75) is 6.92 Å². The van der Waals surface area contributed by atoms with Crippen molar-refractivity contribution in [2.75, 3.05) is 13.7 Å². The number of thiocarbonyl (C=S) groups is 1. The van der Waals surface area contributed by atoms with Crippen molar-refractivity contribution < 1.29 is 9.13 Å². The van der Waals surface area contributed by atoms with Crippen molar-refractivity contribution in [1.82, 2.24) is 0 Å². The minimum Gasteiger partial charge on any atom is -0.496 e. The molecule has 0 spiro atoms. The van der Waals surface area contributed by atoms with E-state index in [0.717, 1.165) is 28.2 Å². The van der Waals surface area contributed by atoms with E-state index in [-0.39, 0.29) is 5.82 Å². The lowest BCUT2D eigenvalue weighted by atomic mass is 10.00. The summed E-state index contributed by atoms with van der Waals surface area (Å²) < 4.78 is 19.1. The van der Waals surface area contributed by atoms with Gasteiger partial charge in [0.25, 0.3) is 0 Å². The standard InChI is InChI=1S/C17H15BrFNOS/c1-11-9-12(4-6-16(11)21-2)17(20-7-8-22)13-3-5-15(19)14(18)10-13/h3-6,8-10H,7H2,1-2H3. The van der Waals surface area contributed by atoms with Crippen LogP contribution in [0.1, 0.15) is 16.7 Å². The first-order valence-corrected chi connectivity index (χ1v) is 7.91. The first-order chi connectivity index (χ1) is 10.6. The zero-order valence-electron chi connectivity index (χ0n) is 12.3. The molecule has 0 radical (unpaired) electrons.